The highest BCUT2D eigenvalue weighted by atomic mass is 16.3. The Bertz CT molecular complexity index is 489. The Labute approximate surface area is 132 Å². The molecular formula is C18H26N2O2. The van der Waals surface area contributed by atoms with Crippen LogP contribution in [-0.4, -0.2) is 41.8 Å². The van der Waals surface area contributed by atoms with E-state index in [4.69, 9.17) is 5.11 Å². The summed E-state index contributed by atoms with van der Waals surface area (Å²) in [7, 11) is 0. The maximum Gasteiger partial charge on any atom is 0.317 e. The SMILES string of the molecule is O=C(NCC1CC1c1ccccc1)N1CCCCC1CCO. The summed E-state index contributed by atoms with van der Waals surface area (Å²) < 4.78 is 0. The van der Waals surface area contributed by atoms with Crippen LogP contribution in [0.5, 0.6) is 0 Å². The zero-order chi connectivity index (χ0) is 15.4. The summed E-state index contributed by atoms with van der Waals surface area (Å²) in [5.74, 6) is 1.18. The highest BCUT2D eigenvalue weighted by Gasteiger charge is 2.38. The first kappa shape index (κ1) is 15.3. The quantitative estimate of drug-likeness (QED) is 0.878. The maximum absolute atomic E-state index is 12.4. The van der Waals surface area contributed by atoms with Crippen molar-refractivity contribution in [3.05, 3.63) is 35.9 Å². The van der Waals surface area contributed by atoms with Crippen LogP contribution >= 0.6 is 0 Å². The van der Waals surface area contributed by atoms with E-state index in [-0.39, 0.29) is 18.7 Å². The van der Waals surface area contributed by atoms with E-state index in [1.807, 2.05) is 11.0 Å². The Balaban J connectivity index is 1.46. The van der Waals surface area contributed by atoms with Gasteiger partial charge in [0.15, 0.2) is 0 Å². The Morgan fingerprint density at radius 2 is 2.09 bits per heavy atom. The third kappa shape index (κ3) is 3.61. The van der Waals surface area contributed by atoms with Crippen molar-refractivity contribution in [2.45, 2.75) is 44.1 Å². The molecule has 0 radical (unpaired) electrons. The van der Waals surface area contributed by atoms with Crippen LogP contribution in [-0.2, 0) is 0 Å². The minimum atomic E-state index is 0.0526. The van der Waals surface area contributed by atoms with Crippen molar-refractivity contribution >= 4 is 6.03 Å². The number of hydrogen-bond acceptors (Lipinski definition) is 2. The molecule has 4 heteroatoms. The Kier molecular flexibility index (Phi) is 4.98. The molecule has 1 aromatic rings. The van der Waals surface area contributed by atoms with Crippen LogP contribution in [0.3, 0.4) is 0 Å². The van der Waals surface area contributed by atoms with Crippen molar-refractivity contribution in [2.24, 2.45) is 5.92 Å². The van der Waals surface area contributed by atoms with Gasteiger partial charge >= 0.3 is 6.03 Å². The summed E-state index contributed by atoms with van der Waals surface area (Å²) in [4.78, 5) is 14.3. The Morgan fingerprint density at radius 3 is 2.86 bits per heavy atom. The van der Waals surface area contributed by atoms with Gasteiger partial charge in [-0.15, -0.1) is 0 Å². The minimum Gasteiger partial charge on any atom is -0.396 e. The molecular weight excluding hydrogens is 276 g/mol. The predicted molar refractivity (Wildman–Crippen MR) is 86.7 cm³/mol. The van der Waals surface area contributed by atoms with Crippen LogP contribution in [0.4, 0.5) is 4.79 Å². The fourth-order valence-corrected chi connectivity index (χ4v) is 3.62. The molecule has 2 fully saturated rings. The highest BCUT2D eigenvalue weighted by molar-refractivity contribution is 5.74. The lowest BCUT2D eigenvalue weighted by Gasteiger charge is -2.35. The summed E-state index contributed by atoms with van der Waals surface area (Å²) in [6.45, 7) is 1.75. The van der Waals surface area contributed by atoms with Crippen molar-refractivity contribution in [3.63, 3.8) is 0 Å². The van der Waals surface area contributed by atoms with Crippen LogP contribution in [0.25, 0.3) is 0 Å². The average Bonchev–Trinajstić information content (AvgIpc) is 3.34. The number of carbonyl (C=O) groups excluding carboxylic acids is 1. The summed E-state index contributed by atoms with van der Waals surface area (Å²) in [6, 6.07) is 10.8. The predicted octanol–water partition coefficient (Wildman–Crippen LogP) is 2.74. The first-order chi connectivity index (χ1) is 10.8. The van der Waals surface area contributed by atoms with E-state index in [0.717, 1.165) is 32.4 Å². The van der Waals surface area contributed by atoms with E-state index < -0.39 is 0 Å². The number of rotatable bonds is 5. The van der Waals surface area contributed by atoms with Gasteiger partial charge in [-0.1, -0.05) is 30.3 Å². The molecule has 0 bridgehead atoms. The Morgan fingerprint density at radius 1 is 1.27 bits per heavy atom. The smallest absolute Gasteiger partial charge is 0.317 e. The second-order valence-corrected chi connectivity index (χ2v) is 6.55. The molecule has 4 nitrogen and oxygen atoms in total. The number of nitrogens with one attached hydrogen (secondary N) is 1. The van der Waals surface area contributed by atoms with Gasteiger partial charge in [-0.25, -0.2) is 4.79 Å². The monoisotopic (exact) mass is 302 g/mol. The van der Waals surface area contributed by atoms with E-state index in [1.165, 1.54) is 12.0 Å². The van der Waals surface area contributed by atoms with Gasteiger partial charge in [0.25, 0.3) is 0 Å². The van der Waals surface area contributed by atoms with Gasteiger partial charge in [-0.2, -0.15) is 0 Å². The van der Waals surface area contributed by atoms with Crippen molar-refractivity contribution in [1.82, 2.24) is 10.2 Å². The molecule has 1 aromatic carbocycles. The summed E-state index contributed by atoms with van der Waals surface area (Å²) in [6.07, 6.45) is 5.12. The lowest BCUT2D eigenvalue weighted by molar-refractivity contribution is 0.131. The summed E-state index contributed by atoms with van der Waals surface area (Å²) >= 11 is 0. The number of aliphatic hydroxyl groups excluding tert-OH is 1. The van der Waals surface area contributed by atoms with E-state index in [0.29, 0.717) is 18.3 Å². The van der Waals surface area contributed by atoms with Gasteiger partial charge in [0.2, 0.25) is 0 Å². The molecule has 1 saturated heterocycles. The number of urea groups is 1. The molecule has 2 aliphatic rings. The first-order valence-corrected chi connectivity index (χ1v) is 8.50. The van der Waals surface area contributed by atoms with Crippen LogP contribution < -0.4 is 5.32 Å². The molecule has 1 saturated carbocycles. The Hall–Kier alpha value is -1.55. The highest BCUT2D eigenvalue weighted by Crippen LogP contribution is 2.46. The minimum absolute atomic E-state index is 0.0526. The molecule has 2 amide bonds. The third-order valence-corrected chi connectivity index (χ3v) is 5.02. The van der Waals surface area contributed by atoms with Crippen LogP contribution in [0.1, 0.15) is 43.6 Å². The molecule has 1 aliphatic carbocycles. The van der Waals surface area contributed by atoms with E-state index in [1.54, 1.807) is 0 Å². The van der Waals surface area contributed by atoms with E-state index in [2.05, 4.69) is 29.6 Å². The normalized spacial score (nSPS) is 27.5. The molecule has 3 rings (SSSR count). The number of amides is 2. The molecule has 22 heavy (non-hydrogen) atoms. The molecule has 0 spiro atoms. The molecule has 1 heterocycles. The average molecular weight is 302 g/mol. The van der Waals surface area contributed by atoms with Gasteiger partial charge in [0.1, 0.15) is 0 Å². The lowest BCUT2D eigenvalue weighted by atomic mass is 10.0. The van der Waals surface area contributed by atoms with Crippen molar-refractivity contribution < 1.29 is 9.90 Å². The zero-order valence-corrected chi connectivity index (χ0v) is 13.1. The van der Waals surface area contributed by atoms with Gasteiger partial charge in [0.05, 0.1) is 0 Å². The van der Waals surface area contributed by atoms with Gasteiger partial charge in [-0.3, -0.25) is 0 Å². The number of carbonyl (C=O) groups is 1. The summed E-state index contributed by atoms with van der Waals surface area (Å²) in [5, 5.41) is 12.3. The van der Waals surface area contributed by atoms with Crippen molar-refractivity contribution in [2.75, 3.05) is 19.7 Å². The van der Waals surface area contributed by atoms with Crippen LogP contribution in [0.2, 0.25) is 0 Å². The lowest BCUT2D eigenvalue weighted by Crippen LogP contribution is -2.49. The number of benzene rings is 1. The molecule has 2 N–H and O–H groups in total. The van der Waals surface area contributed by atoms with E-state index >= 15 is 0 Å². The van der Waals surface area contributed by atoms with Gasteiger partial charge in [0, 0.05) is 25.7 Å². The third-order valence-electron chi connectivity index (χ3n) is 5.02. The number of hydrogen-bond donors (Lipinski definition) is 2. The largest absolute Gasteiger partial charge is 0.396 e. The van der Waals surface area contributed by atoms with Crippen molar-refractivity contribution in [3.8, 4) is 0 Å². The maximum atomic E-state index is 12.4. The standard InChI is InChI=1S/C18H26N2O2/c21-11-9-16-8-4-5-10-20(16)18(22)19-13-15-12-17(15)14-6-2-1-3-7-14/h1-3,6-7,15-17,21H,4-5,8-13H2,(H,19,22). The fraction of sp³-hybridized carbons (Fsp3) is 0.611. The molecule has 0 aromatic heterocycles. The second kappa shape index (κ2) is 7.14. The summed E-state index contributed by atoms with van der Waals surface area (Å²) in [5.41, 5.74) is 1.39. The molecule has 3 atom stereocenters. The molecule has 1 aliphatic heterocycles. The van der Waals surface area contributed by atoms with Gasteiger partial charge in [-0.05, 0) is 49.5 Å². The van der Waals surface area contributed by atoms with Crippen LogP contribution in [0.15, 0.2) is 30.3 Å². The van der Waals surface area contributed by atoms with Crippen molar-refractivity contribution in [1.29, 1.82) is 0 Å². The fourth-order valence-electron chi connectivity index (χ4n) is 3.62. The second-order valence-electron chi connectivity index (χ2n) is 6.55. The molecule has 120 valence electrons. The van der Waals surface area contributed by atoms with Crippen LogP contribution in [0, 0.1) is 5.92 Å². The van der Waals surface area contributed by atoms with E-state index in [9.17, 15) is 4.79 Å². The number of likely N-dealkylation sites (tertiary alicyclic amines) is 1. The number of aliphatic hydroxyl groups is 1. The number of nitrogens with zero attached hydrogens (tertiary/aromatic N) is 1. The first-order valence-electron chi connectivity index (χ1n) is 8.50. The topological polar surface area (TPSA) is 52.6 Å². The zero-order valence-electron chi connectivity index (χ0n) is 13.1. The molecule has 3 unspecified atom stereocenters. The number of piperidine rings is 1. The van der Waals surface area contributed by atoms with Gasteiger partial charge < -0.3 is 15.3 Å².